The van der Waals surface area contributed by atoms with Crippen molar-refractivity contribution in [2.75, 3.05) is 0 Å². The van der Waals surface area contributed by atoms with Gasteiger partial charge in [-0.1, -0.05) is 33.6 Å². The minimum Gasteiger partial charge on any atom is -0.483 e. The van der Waals surface area contributed by atoms with Gasteiger partial charge >= 0.3 is 0 Å². The summed E-state index contributed by atoms with van der Waals surface area (Å²) >= 11 is 9.16. The first-order valence-corrected chi connectivity index (χ1v) is 6.95. The molecule has 2 aromatic carbocycles. The summed E-state index contributed by atoms with van der Waals surface area (Å²) in [7, 11) is 0. The average molecular weight is 340 g/mol. The molecule has 0 aromatic heterocycles. The number of carbonyl (C=O) groups is 1. The molecule has 98 valence electrons. The van der Waals surface area contributed by atoms with Crippen molar-refractivity contribution in [3.05, 3.63) is 63.6 Å². The first-order valence-electron chi connectivity index (χ1n) is 5.78. The molecule has 0 aliphatic carbocycles. The van der Waals surface area contributed by atoms with E-state index in [1.165, 1.54) is 0 Å². The van der Waals surface area contributed by atoms with Gasteiger partial charge in [-0.05, 0) is 49.4 Å². The highest BCUT2D eigenvalue weighted by molar-refractivity contribution is 9.10. The van der Waals surface area contributed by atoms with Crippen molar-refractivity contribution in [3.8, 4) is 5.75 Å². The van der Waals surface area contributed by atoms with Gasteiger partial charge in [-0.25, -0.2) is 0 Å². The molecule has 4 heteroatoms. The standard InChI is InChI=1S/C15H12BrClO2/c1-10(19-14-4-2-3-12(16)9-14)15(18)11-5-7-13(17)8-6-11/h2-10H,1H3/t10-/m0/s1. The van der Waals surface area contributed by atoms with Crippen LogP contribution in [0.5, 0.6) is 5.75 Å². The van der Waals surface area contributed by atoms with Crippen molar-refractivity contribution in [1.82, 2.24) is 0 Å². The molecule has 0 unspecified atom stereocenters. The highest BCUT2D eigenvalue weighted by atomic mass is 79.9. The maximum atomic E-state index is 12.2. The van der Waals surface area contributed by atoms with Crippen molar-refractivity contribution >= 4 is 33.3 Å². The van der Waals surface area contributed by atoms with E-state index in [9.17, 15) is 4.79 Å². The van der Waals surface area contributed by atoms with E-state index in [1.54, 1.807) is 31.2 Å². The molecule has 0 aliphatic rings. The van der Waals surface area contributed by atoms with Gasteiger partial charge in [-0.2, -0.15) is 0 Å². The third kappa shape index (κ3) is 3.82. The molecule has 0 radical (unpaired) electrons. The maximum Gasteiger partial charge on any atom is 0.202 e. The molecule has 2 nitrogen and oxygen atoms in total. The molecule has 0 aliphatic heterocycles. The lowest BCUT2D eigenvalue weighted by molar-refractivity contribution is 0.0818. The molecule has 0 saturated heterocycles. The fourth-order valence-corrected chi connectivity index (χ4v) is 2.15. The van der Waals surface area contributed by atoms with E-state index >= 15 is 0 Å². The minimum absolute atomic E-state index is 0.0726. The zero-order valence-corrected chi connectivity index (χ0v) is 12.6. The van der Waals surface area contributed by atoms with E-state index in [4.69, 9.17) is 16.3 Å². The summed E-state index contributed by atoms with van der Waals surface area (Å²) in [5.74, 6) is 0.584. The third-order valence-corrected chi connectivity index (χ3v) is 3.35. The molecular formula is C15H12BrClO2. The largest absolute Gasteiger partial charge is 0.483 e. The van der Waals surface area contributed by atoms with Crippen LogP contribution in [0.25, 0.3) is 0 Å². The van der Waals surface area contributed by atoms with Crippen LogP contribution >= 0.6 is 27.5 Å². The van der Waals surface area contributed by atoms with Crippen LogP contribution in [-0.4, -0.2) is 11.9 Å². The van der Waals surface area contributed by atoms with Crippen molar-refractivity contribution in [3.63, 3.8) is 0 Å². The Balaban J connectivity index is 2.09. The number of carbonyl (C=O) groups excluding carboxylic acids is 1. The summed E-state index contributed by atoms with van der Waals surface area (Å²) < 4.78 is 6.54. The van der Waals surface area contributed by atoms with E-state index in [1.807, 2.05) is 24.3 Å². The van der Waals surface area contributed by atoms with Gasteiger partial charge < -0.3 is 4.74 Å². The van der Waals surface area contributed by atoms with Gasteiger partial charge in [0, 0.05) is 15.1 Å². The predicted octanol–water partition coefficient (Wildman–Crippen LogP) is 4.75. The first-order chi connectivity index (χ1) is 9.06. The summed E-state index contributed by atoms with van der Waals surface area (Å²) in [6.07, 6.45) is -0.546. The van der Waals surface area contributed by atoms with Crippen LogP contribution in [0, 0.1) is 0 Å². The number of benzene rings is 2. The summed E-state index contributed by atoms with van der Waals surface area (Å²) in [4.78, 5) is 12.2. The number of ether oxygens (including phenoxy) is 1. The Morgan fingerprint density at radius 1 is 1.21 bits per heavy atom. The highest BCUT2D eigenvalue weighted by Gasteiger charge is 2.16. The van der Waals surface area contributed by atoms with Crippen LogP contribution in [-0.2, 0) is 0 Å². The molecule has 0 saturated carbocycles. The SMILES string of the molecule is C[C@H](Oc1cccc(Br)c1)C(=O)c1ccc(Cl)cc1. The lowest BCUT2D eigenvalue weighted by Gasteiger charge is -2.14. The lowest BCUT2D eigenvalue weighted by atomic mass is 10.1. The molecule has 1 atom stereocenters. The summed E-state index contributed by atoms with van der Waals surface area (Å²) in [5.41, 5.74) is 0.590. The smallest absolute Gasteiger partial charge is 0.202 e. The molecule has 0 bridgehead atoms. The lowest BCUT2D eigenvalue weighted by Crippen LogP contribution is -2.23. The fraction of sp³-hybridized carbons (Fsp3) is 0.133. The van der Waals surface area contributed by atoms with Crippen molar-refractivity contribution in [2.45, 2.75) is 13.0 Å². The van der Waals surface area contributed by atoms with Crippen LogP contribution in [0.4, 0.5) is 0 Å². The number of Topliss-reactive ketones (excluding diaryl/α,β-unsaturated/α-hetero) is 1. The van der Waals surface area contributed by atoms with Gasteiger partial charge in [0.25, 0.3) is 0 Å². The van der Waals surface area contributed by atoms with E-state index in [-0.39, 0.29) is 5.78 Å². The normalized spacial score (nSPS) is 11.9. The van der Waals surface area contributed by atoms with Crippen molar-refractivity contribution in [2.24, 2.45) is 0 Å². The predicted molar refractivity (Wildman–Crippen MR) is 80.0 cm³/mol. The van der Waals surface area contributed by atoms with Gasteiger partial charge in [0.1, 0.15) is 5.75 Å². The Hall–Kier alpha value is -1.32. The third-order valence-electron chi connectivity index (χ3n) is 2.61. The van der Waals surface area contributed by atoms with Gasteiger partial charge in [0.15, 0.2) is 6.10 Å². The van der Waals surface area contributed by atoms with Gasteiger partial charge in [0.05, 0.1) is 0 Å². The molecular weight excluding hydrogens is 328 g/mol. The van der Waals surface area contributed by atoms with Crippen molar-refractivity contribution < 1.29 is 9.53 Å². The Morgan fingerprint density at radius 2 is 1.89 bits per heavy atom. The number of ketones is 1. The molecule has 2 aromatic rings. The molecule has 0 heterocycles. The van der Waals surface area contributed by atoms with Crippen LogP contribution in [0.3, 0.4) is 0 Å². The highest BCUT2D eigenvalue weighted by Crippen LogP contribution is 2.20. The zero-order valence-electron chi connectivity index (χ0n) is 10.3. The Labute approximate surface area is 125 Å². The summed E-state index contributed by atoms with van der Waals surface area (Å²) in [6, 6.07) is 14.2. The summed E-state index contributed by atoms with van der Waals surface area (Å²) in [6.45, 7) is 1.73. The number of rotatable bonds is 4. The first kappa shape index (κ1) is 14.1. The Bertz CT molecular complexity index is 581. The Morgan fingerprint density at radius 3 is 2.53 bits per heavy atom. The topological polar surface area (TPSA) is 26.3 Å². The zero-order chi connectivity index (χ0) is 13.8. The second-order valence-electron chi connectivity index (χ2n) is 4.09. The number of hydrogen-bond donors (Lipinski definition) is 0. The Kier molecular flexibility index (Phi) is 4.61. The average Bonchev–Trinajstić information content (AvgIpc) is 2.39. The second-order valence-corrected chi connectivity index (χ2v) is 5.44. The molecule has 0 fully saturated rings. The van der Waals surface area contributed by atoms with Gasteiger partial charge in [-0.3, -0.25) is 4.79 Å². The number of halogens is 2. The van der Waals surface area contributed by atoms with Gasteiger partial charge in [-0.15, -0.1) is 0 Å². The molecule has 0 N–H and O–H groups in total. The van der Waals surface area contributed by atoms with Gasteiger partial charge in [0.2, 0.25) is 5.78 Å². The summed E-state index contributed by atoms with van der Waals surface area (Å²) in [5, 5.41) is 0.608. The van der Waals surface area contributed by atoms with Crippen LogP contribution in [0.2, 0.25) is 5.02 Å². The quantitative estimate of drug-likeness (QED) is 0.751. The molecule has 0 amide bonds. The van der Waals surface area contributed by atoms with Crippen molar-refractivity contribution in [1.29, 1.82) is 0 Å². The molecule has 2 rings (SSSR count). The van der Waals surface area contributed by atoms with Crippen LogP contribution in [0.15, 0.2) is 53.0 Å². The van der Waals surface area contributed by atoms with E-state index < -0.39 is 6.10 Å². The minimum atomic E-state index is -0.546. The maximum absolute atomic E-state index is 12.2. The second kappa shape index (κ2) is 6.22. The van der Waals surface area contributed by atoms with E-state index in [2.05, 4.69) is 15.9 Å². The molecule has 0 spiro atoms. The van der Waals surface area contributed by atoms with Crippen LogP contribution in [0.1, 0.15) is 17.3 Å². The van der Waals surface area contributed by atoms with E-state index in [0.717, 1.165) is 4.47 Å². The molecule has 19 heavy (non-hydrogen) atoms. The number of hydrogen-bond acceptors (Lipinski definition) is 2. The fourth-order valence-electron chi connectivity index (χ4n) is 1.65. The van der Waals surface area contributed by atoms with E-state index in [0.29, 0.717) is 16.3 Å². The van der Waals surface area contributed by atoms with Crippen LogP contribution < -0.4 is 4.74 Å². The monoisotopic (exact) mass is 338 g/mol.